The number of carbonyl (C=O) groups excluding carboxylic acids is 2. The maximum atomic E-state index is 12.7. The highest BCUT2D eigenvalue weighted by molar-refractivity contribution is 5.92. The van der Waals surface area contributed by atoms with Crippen LogP contribution in [0, 0.1) is 5.82 Å². The summed E-state index contributed by atoms with van der Waals surface area (Å²) in [5.41, 5.74) is -0.579. The molecule has 6 nitrogen and oxygen atoms in total. The van der Waals surface area contributed by atoms with Crippen molar-refractivity contribution in [3.05, 3.63) is 24.1 Å². The Morgan fingerprint density at radius 3 is 2.75 bits per heavy atom. The molecule has 1 aliphatic rings. The van der Waals surface area contributed by atoms with Crippen molar-refractivity contribution in [3.63, 3.8) is 0 Å². The molecular formula is C13H16FN3O3. The van der Waals surface area contributed by atoms with Gasteiger partial charge in [0.15, 0.2) is 0 Å². The van der Waals surface area contributed by atoms with Gasteiger partial charge < -0.3 is 9.64 Å². The third kappa shape index (κ3) is 3.04. The molecule has 1 atom stereocenters. The van der Waals surface area contributed by atoms with Gasteiger partial charge in [0, 0.05) is 13.5 Å². The molecule has 7 heteroatoms. The molecule has 0 bridgehead atoms. The first kappa shape index (κ1) is 14.2. The van der Waals surface area contributed by atoms with Crippen molar-refractivity contribution in [2.75, 3.05) is 12.4 Å². The smallest absolute Gasteiger partial charge is 0.329 e. The monoisotopic (exact) mass is 281 g/mol. The van der Waals surface area contributed by atoms with E-state index in [1.165, 1.54) is 24.1 Å². The topological polar surface area (TPSA) is 71.5 Å². The van der Waals surface area contributed by atoms with Gasteiger partial charge in [0.25, 0.3) is 0 Å². The number of nitrogens with one attached hydrogen (secondary N) is 1. The van der Waals surface area contributed by atoms with E-state index in [0.29, 0.717) is 6.42 Å². The normalized spacial score (nSPS) is 20.4. The molecular weight excluding hydrogens is 265 g/mol. The van der Waals surface area contributed by atoms with Gasteiger partial charge in [-0.15, -0.1) is 0 Å². The van der Waals surface area contributed by atoms with Gasteiger partial charge in [0.1, 0.15) is 23.3 Å². The first-order valence-electron chi connectivity index (χ1n) is 6.17. The summed E-state index contributed by atoms with van der Waals surface area (Å²) in [6.45, 7) is 3.58. The molecule has 0 radical (unpaired) electrons. The summed E-state index contributed by atoms with van der Waals surface area (Å²) >= 11 is 0. The molecule has 1 unspecified atom stereocenters. The molecule has 1 N–H and O–H groups in total. The number of aromatic nitrogens is 1. The van der Waals surface area contributed by atoms with Gasteiger partial charge in [-0.25, -0.2) is 19.0 Å². The number of nitrogens with zero attached hydrogens (tertiary/aromatic N) is 2. The molecule has 20 heavy (non-hydrogen) atoms. The van der Waals surface area contributed by atoms with E-state index >= 15 is 0 Å². The van der Waals surface area contributed by atoms with Crippen molar-refractivity contribution in [2.45, 2.75) is 31.9 Å². The van der Waals surface area contributed by atoms with Gasteiger partial charge in [0.2, 0.25) is 0 Å². The van der Waals surface area contributed by atoms with Crippen molar-refractivity contribution >= 4 is 17.8 Å². The zero-order valence-corrected chi connectivity index (χ0v) is 11.5. The first-order chi connectivity index (χ1) is 9.28. The van der Waals surface area contributed by atoms with Gasteiger partial charge in [-0.05, 0) is 26.0 Å². The summed E-state index contributed by atoms with van der Waals surface area (Å²) in [5.74, 6) is -0.703. The minimum Gasteiger partial charge on any atom is -0.458 e. The number of hydrogen-bond donors (Lipinski definition) is 1. The minimum atomic E-state index is -0.634. The molecule has 0 aromatic carbocycles. The number of anilines is 1. The van der Waals surface area contributed by atoms with Crippen LogP contribution in [0.1, 0.15) is 20.3 Å². The number of esters is 1. The molecule has 2 heterocycles. The lowest BCUT2D eigenvalue weighted by Gasteiger charge is -2.22. The molecule has 0 saturated carbocycles. The van der Waals surface area contributed by atoms with Crippen molar-refractivity contribution in [3.8, 4) is 0 Å². The van der Waals surface area contributed by atoms with Gasteiger partial charge in [-0.3, -0.25) is 5.32 Å². The summed E-state index contributed by atoms with van der Waals surface area (Å²) < 4.78 is 17.9. The third-order valence-corrected chi connectivity index (χ3v) is 3.08. The van der Waals surface area contributed by atoms with Gasteiger partial charge in [-0.2, -0.15) is 0 Å². The standard InChI is InChI=1S/C13H16FN3O3/c1-13(2)6-9(11(18)20-13)17(3)12(19)16-10-5-4-8(14)7-15-10/h4-5,7,9H,6H2,1-3H3,(H,15,16,19). The number of halogens is 1. The van der Waals surface area contributed by atoms with E-state index in [1.54, 1.807) is 13.8 Å². The summed E-state index contributed by atoms with van der Waals surface area (Å²) in [7, 11) is 1.51. The summed E-state index contributed by atoms with van der Waals surface area (Å²) in [5, 5.41) is 2.50. The molecule has 1 fully saturated rings. The first-order valence-corrected chi connectivity index (χ1v) is 6.17. The minimum absolute atomic E-state index is 0.217. The second-order valence-electron chi connectivity index (χ2n) is 5.30. The second kappa shape index (κ2) is 5.07. The molecule has 1 saturated heterocycles. The van der Waals surface area contributed by atoms with E-state index in [9.17, 15) is 14.0 Å². The lowest BCUT2D eigenvalue weighted by molar-refractivity contribution is -0.148. The number of carbonyl (C=O) groups is 2. The molecule has 1 aromatic rings. The van der Waals surface area contributed by atoms with Crippen molar-refractivity contribution in [2.24, 2.45) is 0 Å². The maximum absolute atomic E-state index is 12.7. The Labute approximate surface area is 115 Å². The summed E-state index contributed by atoms with van der Waals surface area (Å²) in [6.07, 6.45) is 1.43. The van der Waals surface area contributed by atoms with Crippen LogP contribution < -0.4 is 5.32 Å². The number of cyclic esters (lactones) is 1. The highest BCUT2D eigenvalue weighted by atomic mass is 19.1. The molecule has 1 aromatic heterocycles. The molecule has 1 aliphatic heterocycles. The van der Waals surface area contributed by atoms with Crippen LogP contribution >= 0.6 is 0 Å². The quantitative estimate of drug-likeness (QED) is 0.839. The average Bonchev–Trinajstić information content (AvgIpc) is 2.64. The number of ether oxygens (including phenoxy) is 1. The SMILES string of the molecule is CN(C(=O)Nc1ccc(F)cn1)C1CC(C)(C)OC1=O. The zero-order chi connectivity index (χ0) is 14.9. The maximum Gasteiger partial charge on any atom is 0.329 e. The van der Waals surface area contributed by atoms with Gasteiger partial charge in [-0.1, -0.05) is 0 Å². The summed E-state index contributed by atoms with van der Waals surface area (Å²) in [6, 6.07) is 1.40. The van der Waals surface area contributed by atoms with Crippen molar-refractivity contribution in [1.29, 1.82) is 0 Å². The van der Waals surface area contributed by atoms with Crippen LogP contribution in [-0.2, 0) is 9.53 Å². The number of pyridine rings is 1. The van der Waals surface area contributed by atoms with Crippen LogP contribution in [0.2, 0.25) is 0 Å². The van der Waals surface area contributed by atoms with Crippen LogP contribution in [0.5, 0.6) is 0 Å². The zero-order valence-electron chi connectivity index (χ0n) is 11.5. The predicted octanol–water partition coefficient (Wildman–Crippen LogP) is 1.78. The predicted molar refractivity (Wildman–Crippen MR) is 69.6 cm³/mol. The highest BCUT2D eigenvalue weighted by Gasteiger charge is 2.43. The van der Waals surface area contributed by atoms with Crippen molar-refractivity contribution < 1.29 is 18.7 Å². The molecule has 2 amide bonds. The Morgan fingerprint density at radius 2 is 2.25 bits per heavy atom. The van der Waals surface area contributed by atoms with Gasteiger partial charge in [0.05, 0.1) is 6.20 Å². The molecule has 2 rings (SSSR count). The van der Waals surface area contributed by atoms with E-state index in [1.807, 2.05) is 0 Å². The van der Waals surface area contributed by atoms with Gasteiger partial charge >= 0.3 is 12.0 Å². The van der Waals surface area contributed by atoms with E-state index < -0.39 is 29.5 Å². The van der Waals surface area contributed by atoms with E-state index in [4.69, 9.17) is 4.74 Å². The Bertz CT molecular complexity index is 530. The molecule has 108 valence electrons. The average molecular weight is 281 g/mol. The van der Waals surface area contributed by atoms with Crippen LogP contribution in [0.15, 0.2) is 18.3 Å². The van der Waals surface area contributed by atoms with Crippen LogP contribution in [0.4, 0.5) is 15.0 Å². The molecule has 0 spiro atoms. The Balaban J connectivity index is 2.02. The fourth-order valence-corrected chi connectivity index (χ4v) is 2.02. The van der Waals surface area contributed by atoms with Crippen LogP contribution in [0.3, 0.4) is 0 Å². The summed E-state index contributed by atoms with van der Waals surface area (Å²) in [4.78, 5) is 28.7. The number of amides is 2. The van der Waals surface area contributed by atoms with E-state index in [0.717, 1.165) is 6.20 Å². The number of rotatable bonds is 2. The number of likely N-dealkylation sites (N-methyl/N-ethyl adjacent to an activating group) is 1. The van der Waals surface area contributed by atoms with E-state index in [2.05, 4.69) is 10.3 Å². The fourth-order valence-electron chi connectivity index (χ4n) is 2.02. The van der Waals surface area contributed by atoms with Crippen molar-refractivity contribution in [1.82, 2.24) is 9.88 Å². The fraction of sp³-hybridized carbons (Fsp3) is 0.462. The number of hydrogen-bond acceptors (Lipinski definition) is 4. The lowest BCUT2D eigenvalue weighted by Crippen LogP contribution is -2.42. The van der Waals surface area contributed by atoms with Crippen LogP contribution in [-0.4, -0.2) is 40.6 Å². The lowest BCUT2D eigenvalue weighted by atomic mass is 10.0. The molecule has 0 aliphatic carbocycles. The largest absolute Gasteiger partial charge is 0.458 e. The van der Waals surface area contributed by atoms with E-state index in [-0.39, 0.29) is 5.82 Å². The Hall–Kier alpha value is -2.18. The third-order valence-electron chi connectivity index (χ3n) is 3.08. The van der Waals surface area contributed by atoms with Crippen LogP contribution in [0.25, 0.3) is 0 Å². The number of urea groups is 1. The Morgan fingerprint density at radius 1 is 1.55 bits per heavy atom. The second-order valence-corrected chi connectivity index (χ2v) is 5.30. The highest BCUT2D eigenvalue weighted by Crippen LogP contribution is 2.28. The Kier molecular flexibility index (Phi) is 3.61.